The summed E-state index contributed by atoms with van der Waals surface area (Å²) in [4.78, 5) is 4.66. The SMILES string of the molecule is c1coc(Cn2c(SCc3csc(-c4ccco4)n3)nnc2C2CC2)c1. The topological polar surface area (TPSA) is 69.9 Å². The van der Waals surface area contributed by atoms with Crippen molar-refractivity contribution >= 4 is 23.1 Å². The van der Waals surface area contributed by atoms with E-state index in [1.165, 1.54) is 12.8 Å². The van der Waals surface area contributed by atoms with Crippen molar-refractivity contribution in [1.82, 2.24) is 19.7 Å². The lowest BCUT2D eigenvalue weighted by atomic mass is 10.3. The van der Waals surface area contributed by atoms with Crippen LogP contribution in [0, 0.1) is 0 Å². The lowest BCUT2D eigenvalue weighted by Gasteiger charge is -2.07. The van der Waals surface area contributed by atoms with Crippen LogP contribution >= 0.6 is 23.1 Å². The number of furan rings is 2. The van der Waals surface area contributed by atoms with Gasteiger partial charge in [0.2, 0.25) is 0 Å². The molecule has 26 heavy (non-hydrogen) atoms. The first kappa shape index (κ1) is 15.9. The molecule has 4 aromatic heterocycles. The molecule has 5 rings (SSSR count). The highest BCUT2D eigenvalue weighted by Crippen LogP contribution is 2.40. The van der Waals surface area contributed by atoms with Gasteiger partial charge in [-0.3, -0.25) is 4.57 Å². The van der Waals surface area contributed by atoms with E-state index in [1.54, 1.807) is 35.6 Å². The third-order valence-electron chi connectivity index (χ3n) is 4.21. The van der Waals surface area contributed by atoms with Crippen LogP contribution in [-0.2, 0) is 12.3 Å². The minimum Gasteiger partial charge on any atom is -0.467 e. The predicted molar refractivity (Wildman–Crippen MR) is 99.2 cm³/mol. The summed E-state index contributed by atoms with van der Waals surface area (Å²) in [5.41, 5.74) is 1.02. The Bertz CT molecular complexity index is 985. The Morgan fingerprint density at radius 3 is 2.81 bits per heavy atom. The molecule has 0 N–H and O–H groups in total. The van der Waals surface area contributed by atoms with Gasteiger partial charge in [0.1, 0.15) is 11.6 Å². The fourth-order valence-corrected chi connectivity index (χ4v) is 4.51. The molecule has 0 radical (unpaired) electrons. The molecule has 1 aliphatic carbocycles. The van der Waals surface area contributed by atoms with Crippen LogP contribution in [0.1, 0.15) is 36.0 Å². The van der Waals surface area contributed by atoms with Gasteiger partial charge in [-0.05, 0) is 37.1 Å². The zero-order valence-electron chi connectivity index (χ0n) is 13.9. The molecule has 4 aromatic rings. The van der Waals surface area contributed by atoms with Crippen molar-refractivity contribution in [2.45, 2.75) is 36.2 Å². The number of nitrogens with zero attached hydrogens (tertiary/aromatic N) is 4. The lowest BCUT2D eigenvalue weighted by molar-refractivity contribution is 0.478. The first-order valence-corrected chi connectivity index (χ1v) is 10.3. The first-order valence-electron chi connectivity index (χ1n) is 8.43. The van der Waals surface area contributed by atoms with E-state index in [9.17, 15) is 0 Å². The van der Waals surface area contributed by atoms with Crippen molar-refractivity contribution in [1.29, 1.82) is 0 Å². The van der Waals surface area contributed by atoms with Gasteiger partial charge in [-0.25, -0.2) is 4.98 Å². The third-order valence-corrected chi connectivity index (χ3v) is 6.12. The molecule has 0 amide bonds. The summed E-state index contributed by atoms with van der Waals surface area (Å²) in [6.07, 6.45) is 5.76. The van der Waals surface area contributed by atoms with Gasteiger partial charge in [0.25, 0.3) is 0 Å². The average Bonchev–Trinajstić information content (AvgIpc) is 3.17. The van der Waals surface area contributed by atoms with Crippen molar-refractivity contribution in [2.75, 3.05) is 0 Å². The maximum atomic E-state index is 5.52. The molecule has 0 aliphatic heterocycles. The van der Waals surface area contributed by atoms with Crippen LogP contribution in [0.4, 0.5) is 0 Å². The van der Waals surface area contributed by atoms with Gasteiger partial charge >= 0.3 is 0 Å². The summed E-state index contributed by atoms with van der Waals surface area (Å²) in [7, 11) is 0. The molecule has 1 fully saturated rings. The molecule has 132 valence electrons. The van der Waals surface area contributed by atoms with Crippen LogP contribution in [0.25, 0.3) is 10.8 Å². The zero-order valence-corrected chi connectivity index (χ0v) is 15.5. The van der Waals surface area contributed by atoms with Crippen LogP contribution in [0.5, 0.6) is 0 Å². The Morgan fingerprint density at radius 2 is 2.04 bits per heavy atom. The molecule has 0 unspecified atom stereocenters. The fourth-order valence-electron chi connectivity index (χ4n) is 2.78. The van der Waals surface area contributed by atoms with Crippen LogP contribution in [0.15, 0.2) is 56.2 Å². The number of thioether (sulfide) groups is 1. The standard InChI is InChI=1S/C18H16N4O2S2/c1-3-14(23-7-1)9-22-16(12-5-6-12)20-21-18(22)26-11-13-10-25-17(19-13)15-4-2-8-24-15/h1-4,7-8,10,12H,5-6,9,11H2. The number of hydrogen-bond acceptors (Lipinski definition) is 7. The van der Waals surface area contributed by atoms with Gasteiger partial charge in [0.15, 0.2) is 15.9 Å². The molecule has 0 aromatic carbocycles. The van der Waals surface area contributed by atoms with E-state index < -0.39 is 0 Å². The van der Waals surface area contributed by atoms with E-state index in [-0.39, 0.29) is 0 Å². The van der Waals surface area contributed by atoms with E-state index in [0.29, 0.717) is 12.5 Å². The molecule has 8 heteroatoms. The largest absolute Gasteiger partial charge is 0.467 e. The Morgan fingerprint density at radius 1 is 1.15 bits per heavy atom. The summed E-state index contributed by atoms with van der Waals surface area (Å²) in [5.74, 6) is 4.08. The second-order valence-corrected chi connectivity index (χ2v) is 7.99. The van der Waals surface area contributed by atoms with Crippen molar-refractivity contribution in [3.8, 4) is 10.8 Å². The molecular formula is C18H16N4O2S2. The molecule has 6 nitrogen and oxygen atoms in total. The molecular weight excluding hydrogens is 368 g/mol. The van der Waals surface area contributed by atoms with Crippen molar-refractivity contribution in [3.63, 3.8) is 0 Å². The third kappa shape index (κ3) is 3.22. The van der Waals surface area contributed by atoms with Crippen LogP contribution in [0.3, 0.4) is 0 Å². The molecule has 0 bridgehead atoms. The van der Waals surface area contributed by atoms with E-state index in [4.69, 9.17) is 8.83 Å². The minimum atomic E-state index is 0.539. The summed E-state index contributed by atoms with van der Waals surface area (Å²) in [6, 6.07) is 7.70. The number of rotatable bonds is 7. The average molecular weight is 384 g/mol. The van der Waals surface area contributed by atoms with Gasteiger partial charge in [0.05, 0.1) is 24.8 Å². The monoisotopic (exact) mass is 384 g/mol. The van der Waals surface area contributed by atoms with Gasteiger partial charge < -0.3 is 8.83 Å². The van der Waals surface area contributed by atoms with Crippen LogP contribution in [0.2, 0.25) is 0 Å². The Hall–Kier alpha value is -2.32. The summed E-state index contributed by atoms with van der Waals surface area (Å²) in [6.45, 7) is 0.670. The van der Waals surface area contributed by atoms with Crippen LogP contribution in [-0.4, -0.2) is 19.7 Å². The van der Waals surface area contributed by atoms with Crippen molar-refractivity contribution in [2.24, 2.45) is 0 Å². The molecule has 0 spiro atoms. The first-order chi connectivity index (χ1) is 12.9. The van der Waals surface area contributed by atoms with E-state index >= 15 is 0 Å². The lowest BCUT2D eigenvalue weighted by Crippen LogP contribution is -2.05. The zero-order chi connectivity index (χ0) is 17.3. The highest BCUT2D eigenvalue weighted by Gasteiger charge is 2.30. The van der Waals surface area contributed by atoms with Crippen LogP contribution < -0.4 is 0 Å². The highest BCUT2D eigenvalue weighted by atomic mass is 32.2. The maximum absolute atomic E-state index is 5.52. The summed E-state index contributed by atoms with van der Waals surface area (Å²) in [5, 5.41) is 12.7. The van der Waals surface area contributed by atoms with Gasteiger partial charge in [-0.15, -0.1) is 21.5 Å². The van der Waals surface area contributed by atoms with Crippen molar-refractivity contribution < 1.29 is 8.83 Å². The molecule has 4 heterocycles. The predicted octanol–water partition coefficient (Wildman–Crippen LogP) is 4.81. The Balaban J connectivity index is 1.34. The van der Waals surface area contributed by atoms with Crippen molar-refractivity contribution in [3.05, 3.63) is 59.5 Å². The smallest absolute Gasteiger partial charge is 0.192 e. The normalized spacial score (nSPS) is 14.2. The molecule has 0 saturated heterocycles. The molecule has 1 saturated carbocycles. The number of thiazole rings is 1. The summed E-state index contributed by atoms with van der Waals surface area (Å²) < 4.78 is 13.1. The maximum Gasteiger partial charge on any atom is 0.192 e. The van der Waals surface area contributed by atoms with Gasteiger partial charge in [-0.2, -0.15) is 0 Å². The second-order valence-electron chi connectivity index (χ2n) is 6.19. The summed E-state index contributed by atoms with van der Waals surface area (Å²) >= 11 is 3.25. The molecule has 1 aliphatic rings. The Kier molecular flexibility index (Phi) is 4.14. The fraction of sp³-hybridized carbons (Fsp3) is 0.278. The van der Waals surface area contributed by atoms with Gasteiger partial charge in [0, 0.05) is 17.1 Å². The number of hydrogen-bond donors (Lipinski definition) is 0. The number of aromatic nitrogens is 4. The highest BCUT2D eigenvalue weighted by molar-refractivity contribution is 7.98. The second kappa shape index (κ2) is 6.77. The molecule has 0 atom stereocenters. The minimum absolute atomic E-state index is 0.539. The van der Waals surface area contributed by atoms with Gasteiger partial charge in [-0.1, -0.05) is 11.8 Å². The van der Waals surface area contributed by atoms with E-state index in [0.717, 1.165) is 39.0 Å². The van der Waals surface area contributed by atoms with E-state index in [2.05, 4.69) is 25.1 Å². The quantitative estimate of drug-likeness (QED) is 0.426. The Labute approximate surface area is 158 Å². The van der Waals surface area contributed by atoms with E-state index in [1.807, 2.05) is 24.3 Å².